The number of nitrogens with zero attached hydrogens (tertiary/aromatic N) is 1. The lowest BCUT2D eigenvalue weighted by Gasteiger charge is -2.34. The number of halogens is 1. The Morgan fingerprint density at radius 3 is 2.48 bits per heavy atom. The number of carbonyl (C=O) groups is 1. The Balaban J connectivity index is 1.52. The average molecular weight is 487 g/mol. The molecule has 1 aliphatic heterocycles. The minimum Gasteiger partial charge on any atom is -0.497 e. The van der Waals surface area contributed by atoms with Crippen LogP contribution < -0.4 is 19.1 Å². The van der Waals surface area contributed by atoms with E-state index in [0.29, 0.717) is 35.2 Å². The van der Waals surface area contributed by atoms with Crippen molar-refractivity contribution in [3.63, 3.8) is 0 Å². The van der Waals surface area contributed by atoms with Crippen LogP contribution in [-0.2, 0) is 21.2 Å². The monoisotopic (exact) mass is 486 g/mol. The number of hydrogen-bond acceptors (Lipinski definition) is 5. The third-order valence-corrected chi connectivity index (χ3v) is 7.35. The number of rotatable bonds is 7. The number of amides is 1. The highest BCUT2D eigenvalue weighted by molar-refractivity contribution is 7.92. The molecule has 1 N–H and O–H groups in total. The molecule has 0 fully saturated rings. The molecule has 1 amide bonds. The van der Waals surface area contributed by atoms with Gasteiger partial charge in [0, 0.05) is 11.6 Å². The van der Waals surface area contributed by atoms with Crippen LogP contribution in [0.5, 0.6) is 11.5 Å². The summed E-state index contributed by atoms with van der Waals surface area (Å²) in [6.07, 6.45) is -0.377. The Hall–Kier alpha value is -3.23. The molecule has 0 bridgehead atoms. The molecule has 3 aromatic carbocycles. The molecule has 0 radical (unpaired) electrons. The molecule has 0 unspecified atom stereocenters. The lowest BCUT2D eigenvalue weighted by atomic mass is 10.1. The molecule has 0 saturated carbocycles. The van der Waals surface area contributed by atoms with Crippen molar-refractivity contribution >= 4 is 33.2 Å². The predicted octanol–water partition coefficient (Wildman–Crippen LogP) is 3.66. The molecule has 0 aromatic heterocycles. The van der Waals surface area contributed by atoms with E-state index in [1.54, 1.807) is 48.5 Å². The molecule has 1 aliphatic rings. The van der Waals surface area contributed by atoms with Gasteiger partial charge in [0.25, 0.3) is 15.9 Å². The number of anilines is 1. The second-order valence-electron chi connectivity index (χ2n) is 7.45. The zero-order valence-electron chi connectivity index (χ0n) is 17.9. The summed E-state index contributed by atoms with van der Waals surface area (Å²) in [5, 5.41) is 3.49. The summed E-state index contributed by atoms with van der Waals surface area (Å²) in [5.41, 5.74) is 1.41. The molecule has 1 heterocycles. The second kappa shape index (κ2) is 9.72. The fourth-order valence-corrected chi connectivity index (χ4v) is 5.14. The van der Waals surface area contributed by atoms with Crippen LogP contribution in [0.1, 0.15) is 5.56 Å². The number of para-hydroxylation sites is 2. The van der Waals surface area contributed by atoms with Crippen molar-refractivity contribution in [1.29, 1.82) is 0 Å². The second-order valence-corrected chi connectivity index (χ2v) is 9.75. The summed E-state index contributed by atoms with van der Waals surface area (Å²) in [6, 6.07) is 20.3. The van der Waals surface area contributed by atoms with Crippen LogP contribution in [0.25, 0.3) is 0 Å². The van der Waals surface area contributed by atoms with E-state index in [4.69, 9.17) is 21.1 Å². The molecule has 0 spiro atoms. The predicted molar refractivity (Wildman–Crippen MR) is 127 cm³/mol. The number of nitrogens with one attached hydrogen (secondary N) is 1. The van der Waals surface area contributed by atoms with Gasteiger partial charge in [0.1, 0.15) is 11.5 Å². The maximum absolute atomic E-state index is 13.4. The fourth-order valence-electron chi connectivity index (χ4n) is 3.54. The Bertz CT molecular complexity index is 1230. The highest BCUT2D eigenvalue weighted by atomic mass is 35.5. The maximum Gasteiger partial charge on any atom is 0.264 e. The van der Waals surface area contributed by atoms with Gasteiger partial charge < -0.3 is 14.8 Å². The summed E-state index contributed by atoms with van der Waals surface area (Å²) >= 11 is 5.90. The molecule has 7 nitrogen and oxygen atoms in total. The van der Waals surface area contributed by atoms with Gasteiger partial charge in [-0.15, -0.1) is 0 Å². The number of carbonyl (C=O) groups excluding carboxylic acids is 1. The zero-order chi connectivity index (χ0) is 23.4. The molecule has 3 aromatic rings. The van der Waals surface area contributed by atoms with E-state index < -0.39 is 16.1 Å². The molecule has 172 valence electrons. The van der Waals surface area contributed by atoms with Gasteiger partial charge in [-0.2, -0.15) is 0 Å². The van der Waals surface area contributed by atoms with Gasteiger partial charge in [-0.05, 0) is 60.5 Å². The van der Waals surface area contributed by atoms with Crippen LogP contribution in [0.4, 0.5) is 5.69 Å². The molecular formula is C24H23ClN2O5S. The van der Waals surface area contributed by atoms with E-state index >= 15 is 0 Å². The van der Waals surface area contributed by atoms with Crippen molar-refractivity contribution in [2.75, 3.05) is 24.5 Å². The van der Waals surface area contributed by atoms with Crippen LogP contribution in [-0.4, -0.2) is 40.6 Å². The van der Waals surface area contributed by atoms with Crippen molar-refractivity contribution < 1.29 is 22.7 Å². The van der Waals surface area contributed by atoms with Crippen LogP contribution in [0.15, 0.2) is 77.7 Å². The molecular weight excluding hydrogens is 464 g/mol. The van der Waals surface area contributed by atoms with Gasteiger partial charge in [0.15, 0.2) is 6.10 Å². The normalized spacial score (nSPS) is 15.3. The van der Waals surface area contributed by atoms with E-state index in [1.807, 2.05) is 12.1 Å². The number of hydrogen-bond donors (Lipinski definition) is 1. The lowest BCUT2D eigenvalue weighted by molar-refractivity contribution is -0.127. The first-order chi connectivity index (χ1) is 15.9. The minimum absolute atomic E-state index is 0.0990. The van der Waals surface area contributed by atoms with E-state index in [2.05, 4.69) is 5.32 Å². The topological polar surface area (TPSA) is 84.9 Å². The number of benzene rings is 3. The summed E-state index contributed by atoms with van der Waals surface area (Å²) in [5.74, 6) is 0.501. The van der Waals surface area contributed by atoms with Crippen LogP contribution >= 0.6 is 11.6 Å². The fraction of sp³-hybridized carbons (Fsp3) is 0.208. The molecule has 1 atom stereocenters. The smallest absolute Gasteiger partial charge is 0.264 e. The van der Waals surface area contributed by atoms with Gasteiger partial charge in [0.2, 0.25) is 0 Å². The molecule has 4 rings (SSSR count). The number of sulfonamides is 1. The Morgan fingerprint density at radius 1 is 1.09 bits per heavy atom. The quantitative estimate of drug-likeness (QED) is 0.551. The van der Waals surface area contributed by atoms with E-state index in [0.717, 1.165) is 5.56 Å². The molecule has 0 saturated heterocycles. The standard InChI is InChI=1S/C24H23ClN2O5S/c1-31-19-10-12-20(13-11-19)33(29,30)27-16-23(32-22-5-3-2-4-21(22)27)24(28)26-15-14-17-6-8-18(25)9-7-17/h2-13,23H,14-16H2,1H3,(H,26,28)/t23-/m0/s1. The van der Waals surface area contributed by atoms with Gasteiger partial charge >= 0.3 is 0 Å². The number of fused-ring (bicyclic) bond motifs is 1. The van der Waals surface area contributed by atoms with Gasteiger partial charge in [0.05, 0.1) is 24.2 Å². The van der Waals surface area contributed by atoms with Gasteiger partial charge in [-0.1, -0.05) is 35.9 Å². The highest BCUT2D eigenvalue weighted by Gasteiger charge is 2.37. The maximum atomic E-state index is 13.4. The Morgan fingerprint density at radius 2 is 1.79 bits per heavy atom. The van der Waals surface area contributed by atoms with Crippen LogP contribution in [0.3, 0.4) is 0 Å². The van der Waals surface area contributed by atoms with E-state index in [-0.39, 0.29) is 17.3 Å². The van der Waals surface area contributed by atoms with Crippen molar-refractivity contribution in [3.8, 4) is 11.5 Å². The first kappa shape index (κ1) is 22.9. The van der Waals surface area contributed by atoms with Crippen molar-refractivity contribution in [3.05, 3.63) is 83.4 Å². The summed E-state index contributed by atoms with van der Waals surface area (Å²) in [7, 11) is -2.42. The molecule has 0 aliphatic carbocycles. The highest BCUT2D eigenvalue weighted by Crippen LogP contribution is 2.37. The van der Waals surface area contributed by atoms with Crippen molar-refractivity contribution in [2.24, 2.45) is 0 Å². The van der Waals surface area contributed by atoms with Gasteiger partial charge in [-0.3, -0.25) is 9.10 Å². The van der Waals surface area contributed by atoms with Crippen molar-refractivity contribution in [1.82, 2.24) is 5.32 Å². The third kappa shape index (κ3) is 5.07. The summed E-state index contributed by atoms with van der Waals surface area (Å²) < 4.78 is 39.1. The first-order valence-corrected chi connectivity index (χ1v) is 12.1. The molecule has 33 heavy (non-hydrogen) atoms. The summed E-state index contributed by atoms with van der Waals surface area (Å²) in [4.78, 5) is 12.9. The summed E-state index contributed by atoms with van der Waals surface area (Å²) in [6.45, 7) is 0.241. The lowest BCUT2D eigenvalue weighted by Crippen LogP contribution is -2.51. The molecule has 9 heteroatoms. The SMILES string of the molecule is COc1ccc(S(=O)(=O)N2C[C@@H](C(=O)NCCc3ccc(Cl)cc3)Oc3ccccc32)cc1. The number of ether oxygens (including phenoxy) is 2. The van der Waals surface area contributed by atoms with Crippen LogP contribution in [0, 0.1) is 0 Å². The average Bonchev–Trinajstić information content (AvgIpc) is 2.84. The van der Waals surface area contributed by atoms with Crippen molar-refractivity contribution in [2.45, 2.75) is 17.4 Å². The van der Waals surface area contributed by atoms with E-state index in [1.165, 1.54) is 23.5 Å². The minimum atomic E-state index is -3.93. The number of methoxy groups -OCH3 is 1. The Labute approximate surface area is 197 Å². The zero-order valence-corrected chi connectivity index (χ0v) is 19.5. The largest absolute Gasteiger partial charge is 0.497 e. The van der Waals surface area contributed by atoms with Crippen LogP contribution in [0.2, 0.25) is 5.02 Å². The van der Waals surface area contributed by atoms with Gasteiger partial charge in [-0.25, -0.2) is 8.42 Å². The first-order valence-electron chi connectivity index (χ1n) is 10.3. The Kier molecular flexibility index (Phi) is 6.76. The van der Waals surface area contributed by atoms with E-state index in [9.17, 15) is 13.2 Å². The third-order valence-electron chi connectivity index (χ3n) is 5.30.